The maximum atomic E-state index is 14.2. The summed E-state index contributed by atoms with van der Waals surface area (Å²) >= 11 is 0. The van der Waals surface area contributed by atoms with E-state index in [4.69, 9.17) is 4.74 Å². The maximum absolute atomic E-state index is 14.2. The van der Waals surface area contributed by atoms with Crippen molar-refractivity contribution in [2.24, 2.45) is 17.8 Å². The average Bonchev–Trinajstić information content (AvgIpc) is 1.96. The molecule has 1 fully saturated rings. The fourth-order valence-electron chi connectivity index (χ4n) is 2.52. The third-order valence-corrected chi connectivity index (χ3v) is 3.19. The van der Waals surface area contributed by atoms with Crippen LogP contribution in [-0.2, 0) is 4.74 Å². The molecule has 78 valence electrons. The quantitative estimate of drug-likeness (QED) is 0.659. The Hall–Kier alpha value is -0.110. The molecule has 0 aliphatic heterocycles. The molecule has 1 aliphatic rings. The van der Waals surface area contributed by atoms with Crippen molar-refractivity contribution in [1.29, 1.82) is 0 Å². The summed E-state index contributed by atoms with van der Waals surface area (Å²) in [5.41, 5.74) is -0.941. The van der Waals surface area contributed by atoms with Crippen LogP contribution in [0.2, 0.25) is 0 Å². The van der Waals surface area contributed by atoms with Crippen molar-refractivity contribution in [1.82, 2.24) is 0 Å². The molecule has 2 heteroatoms. The minimum Gasteiger partial charge on any atom is -0.384 e. The van der Waals surface area contributed by atoms with Crippen molar-refractivity contribution in [2.45, 2.75) is 39.3 Å². The number of hydrogen-bond donors (Lipinski definition) is 0. The normalized spacial score (nSPS) is 36.0. The molecule has 1 saturated carbocycles. The van der Waals surface area contributed by atoms with Gasteiger partial charge in [0.1, 0.15) is 5.67 Å². The Bertz CT molecular complexity index is 161. The van der Waals surface area contributed by atoms with Gasteiger partial charge in [-0.05, 0) is 24.7 Å². The van der Waals surface area contributed by atoms with Gasteiger partial charge in [-0.3, -0.25) is 0 Å². The number of methoxy groups -OCH3 is 1. The van der Waals surface area contributed by atoms with E-state index in [0.29, 0.717) is 18.4 Å². The van der Waals surface area contributed by atoms with Crippen molar-refractivity contribution in [3.8, 4) is 0 Å². The predicted octanol–water partition coefficient (Wildman–Crippen LogP) is 3.04. The van der Waals surface area contributed by atoms with Gasteiger partial charge in [-0.15, -0.1) is 0 Å². The molecule has 0 saturated heterocycles. The topological polar surface area (TPSA) is 9.23 Å². The van der Waals surface area contributed by atoms with E-state index in [1.807, 2.05) is 0 Å². The minimum atomic E-state index is -0.941. The third-order valence-electron chi connectivity index (χ3n) is 3.19. The molecular weight excluding hydrogens is 167 g/mol. The lowest BCUT2D eigenvalue weighted by atomic mass is 9.64. The standard InChI is InChI=1S/C11H21FO/c1-8(2)10(7-13-4)11(12)5-9(3)6-11/h8-10H,5-7H2,1-4H3/t9?,10-,11?/m0/s1. The van der Waals surface area contributed by atoms with Crippen LogP contribution in [0.3, 0.4) is 0 Å². The molecular formula is C11H21FO. The van der Waals surface area contributed by atoms with Crippen molar-refractivity contribution in [3.63, 3.8) is 0 Å². The highest BCUT2D eigenvalue weighted by atomic mass is 19.1. The van der Waals surface area contributed by atoms with E-state index in [2.05, 4.69) is 20.8 Å². The molecule has 0 heterocycles. The summed E-state index contributed by atoms with van der Waals surface area (Å²) < 4.78 is 19.3. The van der Waals surface area contributed by atoms with Gasteiger partial charge < -0.3 is 4.74 Å². The molecule has 0 aromatic heterocycles. The SMILES string of the molecule is COC[C@@H](C(C)C)C1(F)CC(C)C1. The molecule has 0 N–H and O–H groups in total. The van der Waals surface area contributed by atoms with Crippen LogP contribution in [0, 0.1) is 17.8 Å². The van der Waals surface area contributed by atoms with Gasteiger partial charge in [0, 0.05) is 13.0 Å². The Morgan fingerprint density at radius 3 is 2.31 bits per heavy atom. The summed E-state index contributed by atoms with van der Waals surface area (Å²) in [6, 6.07) is 0. The highest BCUT2D eigenvalue weighted by Crippen LogP contribution is 2.48. The molecule has 0 unspecified atom stereocenters. The summed E-state index contributed by atoms with van der Waals surface area (Å²) in [5, 5.41) is 0. The summed E-state index contributed by atoms with van der Waals surface area (Å²) in [4.78, 5) is 0. The second-order valence-corrected chi connectivity index (χ2v) is 4.85. The largest absolute Gasteiger partial charge is 0.384 e. The van der Waals surface area contributed by atoms with Crippen LogP contribution in [0.15, 0.2) is 0 Å². The molecule has 1 rings (SSSR count). The summed E-state index contributed by atoms with van der Waals surface area (Å²) in [6.07, 6.45) is 1.44. The second kappa shape index (κ2) is 3.95. The fourth-order valence-corrected chi connectivity index (χ4v) is 2.52. The molecule has 0 bridgehead atoms. The van der Waals surface area contributed by atoms with E-state index in [9.17, 15) is 4.39 Å². The molecule has 1 atom stereocenters. The number of ether oxygens (including phenoxy) is 1. The number of rotatable bonds is 4. The van der Waals surface area contributed by atoms with E-state index >= 15 is 0 Å². The van der Waals surface area contributed by atoms with Gasteiger partial charge in [0.2, 0.25) is 0 Å². The van der Waals surface area contributed by atoms with Crippen molar-refractivity contribution in [3.05, 3.63) is 0 Å². The smallest absolute Gasteiger partial charge is 0.116 e. The van der Waals surface area contributed by atoms with Crippen molar-refractivity contribution >= 4 is 0 Å². The Kier molecular flexibility index (Phi) is 3.33. The first kappa shape index (κ1) is 11.0. The van der Waals surface area contributed by atoms with E-state index in [1.165, 1.54) is 0 Å². The van der Waals surface area contributed by atoms with Crippen molar-refractivity contribution < 1.29 is 9.13 Å². The second-order valence-electron chi connectivity index (χ2n) is 4.85. The fraction of sp³-hybridized carbons (Fsp3) is 1.00. The zero-order valence-corrected chi connectivity index (χ0v) is 9.14. The van der Waals surface area contributed by atoms with E-state index in [0.717, 1.165) is 12.8 Å². The van der Waals surface area contributed by atoms with Gasteiger partial charge in [-0.2, -0.15) is 0 Å². The van der Waals surface area contributed by atoms with Gasteiger partial charge >= 0.3 is 0 Å². The number of alkyl halides is 1. The Morgan fingerprint density at radius 2 is 2.00 bits per heavy atom. The van der Waals surface area contributed by atoms with Crippen LogP contribution in [0.1, 0.15) is 33.6 Å². The van der Waals surface area contributed by atoms with Crippen LogP contribution in [0.25, 0.3) is 0 Å². The van der Waals surface area contributed by atoms with Crippen LogP contribution in [0.4, 0.5) is 4.39 Å². The first-order chi connectivity index (χ1) is 5.99. The first-order valence-electron chi connectivity index (χ1n) is 5.17. The first-order valence-corrected chi connectivity index (χ1v) is 5.17. The molecule has 1 nitrogen and oxygen atoms in total. The van der Waals surface area contributed by atoms with E-state index in [1.54, 1.807) is 7.11 Å². The molecule has 1 aliphatic carbocycles. The number of hydrogen-bond acceptors (Lipinski definition) is 1. The molecule has 0 radical (unpaired) electrons. The minimum absolute atomic E-state index is 0.0775. The average molecular weight is 188 g/mol. The third kappa shape index (κ3) is 2.22. The molecule has 13 heavy (non-hydrogen) atoms. The Balaban J connectivity index is 2.54. The molecule has 0 spiro atoms. The Morgan fingerprint density at radius 1 is 1.46 bits per heavy atom. The van der Waals surface area contributed by atoms with Gasteiger partial charge in [0.05, 0.1) is 6.61 Å². The Labute approximate surface area is 80.7 Å². The predicted molar refractivity (Wildman–Crippen MR) is 52.4 cm³/mol. The van der Waals surface area contributed by atoms with Crippen molar-refractivity contribution in [2.75, 3.05) is 13.7 Å². The summed E-state index contributed by atoms with van der Waals surface area (Å²) in [6.45, 7) is 6.82. The lowest BCUT2D eigenvalue weighted by Gasteiger charge is -2.46. The molecule has 0 amide bonds. The zero-order valence-electron chi connectivity index (χ0n) is 9.14. The highest BCUT2D eigenvalue weighted by molar-refractivity contribution is 4.98. The summed E-state index contributed by atoms with van der Waals surface area (Å²) in [5.74, 6) is 1.01. The summed E-state index contributed by atoms with van der Waals surface area (Å²) in [7, 11) is 1.65. The lowest BCUT2D eigenvalue weighted by Crippen LogP contribution is -2.48. The van der Waals surface area contributed by atoms with Crippen LogP contribution < -0.4 is 0 Å². The monoisotopic (exact) mass is 188 g/mol. The lowest BCUT2D eigenvalue weighted by molar-refractivity contribution is -0.0807. The van der Waals surface area contributed by atoms with Crippen LogP contribution >= 0.6 is 0 Å². The van der Waals surface area contributed by atoms with Gasteiger partial charge in [-0.25, -0.2) is 4.39 Å². The molecule has 0 aromatic rings. The zero-order chi connectivity index (χ0) is 10.1. The van der Waals surface area contributed by atoms with Gasteiger partial charge in [0.15, 0.2) is 0 Å². The number of halogens is 1. The molecule has 0 aromatic carbocycles. The maximum Gasteiger partial charge on any atom is 0.116 e. The highest BCUT2D eigenvalue weighted by Gasteiger charge is 2.49. The van der Waals surface area contributed by atoms with Gasteiger partial charge in [-0.1, -0.05) is 20.8 Å². The van der Waals surface area contributed by atoms with E-state index in [-0.39, 0.29) is 5.92 Å². The van der Waals surface area contributed by atoms with Crippen LogP contribution in [-0.4, -0.2) is 19.4 Å². The van der Waals surface area contributed by atoms with E-state index < -0.39 is 5.67 Å². The van der Waals surface area contributed by atoms with Gasteiger partial charge in [0.25, 0.3) is 0 Å². The van der Waals surface area contributed by atoms with Crippen LogP contribution in [0.5, 0.6) is 0 Å².